The van der Waals surface area contributed by atoms with Gasteiger partial charge in [0.25, 0.3) is 0 Å². The summed E-state index contributed by atoms with van der Waals surface area (Å²) >= 11 is 0. The van der Waals surface area contributed by atoms with E-state index in [-0.39, 0.29) is 24.0 Å². The van der Waals surface area contributed by atoms with Gasteiger partial charge in [0.1, 0.15) is 79.7 Å². The molecular weight excluding hydrogens is 1010 g/mol. The van der Waals surface area contributed by atoms with Crippen LogP contribution in [0.3, 0.4) is 0 Å². The first kappa shape index (κ1) is 53.7. The van der Waals surface area contributed by atoms with Gasteiger partial charge in [-0.1, -0.05) is 182 Å². The predicted octanol–water partition coefficient (Wildman–Crippen LogP) is 14.7. The van der Waals surface area contributed by atoms with Crippen LogP contribution < -0.4 is 37.9 Å². The van der Waals surface area contributed by atoms with Crippen molar-refractivity contribution in [2.75, 3.05) is 11.0 Å². The molecule has 10 rings (SSSR count). The number of halogens is 1. The molecule has 78 heavy (non-hydrogen) atoms. The summed E-state index contributed by atoms with van der Waals surface area (Å²) in [6.07, 6.45) is 2.63. The van der Waals surface area contributed by atoms with Crippen LogP contribution in [0.2, 0.25) is 0 Å². The van der Waals surface area contributed by atoms with Crippen molar-refractivity contribution in [3.05, 3.63) is 275 Å². The Morgan fingerprint density at radius 2 is 0.910 bits per heavy atom. The summed E-state index contributed by atoms with van der Waals surface area (Å²) in [5.41, 5.74) is 8.62. The molecule has 9 aromatic carbocycles. The first-order chi connectivity index (χ1) is 38.3. The monoisotopic (exact) mass is 1060 g/mol. The van der Waals surface area contributed by atoms with Crippen LogP contribution in [0.5, 0.6) is 40.2 Å². The highest BCUT2D eigenvalue weighted by Crippen LogP contribution is 2.47. The molecule has 1 aliphatic heterocycles. The fourth-order valence-corrected chi connectivity index (χ4v) is 8.96. The van der Waals surface area contributed by atoms with Gasteiger partial charge in [0.05, 0.1) is 11.3 Å². The smallest absolute Gasteiger partial charge is 0.379 e. The van der Waals surface area contributed by atoms with Crippen LogP contribution in [-0.4, -0.2) is 16.4 Å². The van der Waals surface area contributed by atoms with Crippen LogP contribution in [-0.2, 0) is 62.0 Å². The maximum absolute atomic E-state index is 12.0. The van der Waals surface area contributed by atoms with Crippen LogP contribution in [0.25, 0.3) is 0 Å². The Morgan fingerprint density at radius 3 is 1.35 bits per heavy atom. The third-order valence-corrected chi connectivity index (χ3v) is 13.0. The maximum atomic E-state index is 12.0. The molecule has 1 aliphatic rings. The molecule has 396 valence electrons. The largest absolute Gasteiger partial charge is 0.489 e. The fourth-order valence-electron chi connectivity index (χ4n) is 8.49. The topological polar surface area (TPSA) is 120 Å². The third-order valence-electron chi connectivity index (χ3n) is 12.4. The lowest BCUT2D eigenvalue weighted by molar-refractivity contribution is -0.0788. The number of ether oxygens (including phenoxy) is 7. The second kappa shape index (κ2) is 27.6. The van der Waals surface area contributed by atoms with Crippen LogP contribution in [0, 0.1) is 0 Å². The lowest BCUT2D eigenvalue weighted by Crippen LogP contribution is -2.17. The molecule has 1 heterocycles. The Morgan fingerprint density at radius 1 is 0.500 bits per heavy atom. The minimum absolute atomic E-state index is 0.00185. The lowest BCUT2D eigenvalue weighted by atomic mass is 9.96. The highest BCUT2D eigenvalue weighted by molar-refractivity contribution is 7.85. The summed E-state index contributed by atoms with van der Waals surface area (Å²) in [4.78, 5) is 14.4. The molecule has 11 nitrogen and oxygen atoms in total. The SMILES string of the molecule is CS(=O)Nc1ccc(C(=O)OF)cc1OCc1ccccc1.c1ccc(COc2cc(OCc3ccccc3)c3c(c2)OC(c2cc(OCc4ccccc4)c(OCc4ccccc4)c(OCc4ccccc4)c2)CC3)cc1. The summed E-state index contributed by atoms with van der Waals surface area (Å²) < 4.78 is 71.1. The van der Waals surface area contributed by atoms with Crippen molar-refractivity contribution in [3.8, 4) is 40.2 Å². The normalized spacial score (nSPS) is 12.7. The number of fused-ring (bicyclic) bond motifs is 1. The zero-order valence-electron chi connectivity index (χ0n) is 43.0. The summed E-state index contributed by atoms with van der Waals surface area (Å²) in [5, 5.41) is 0. The van der Waals surface area contributed by atoms with Crippen molar-refractivity contribution in [2.24, 2.45) is 0 Å². The summed E-state index contributed by atoms with van der Waals surface area (Å²) in [5.74, 6) is 3.07. The average Bonchev–Trinajstić information content (AvgIpc) is 3.50. The number of carbonyl (C=O) groups excluding carboxylic acids is 1. The van der Waals surface area contributed by atoms with Gasteiger partial charge in [-0.05, 0) is 82.1 Å². The Kier molecular flexibility index (Phi) is 19.0. The Balaban J connectivity index is 0.000000282. The zero-order chi connectivity index (χ0) is 53.7. The number of hydrogen-bond donors (Lipinski definition) is 1. The molecular formula is C65H58FNO10S. The van der Waals surface area contributed by atoms with Gasteiger partial charge in [-0.25, -0.2) is 13.9 Å². The summed E-state index contributed by atoms with van der Waals surface area (Å²) in [6, 6.07) is 72.3. The van der Waals surface area contributed by atoms with Gasteiger partial charge in [0.15, 0.2) is 11.5 Å². The Bertz CT molecular complexity index is 3280. The van der Waals surface area contributed by atoms with E-state index in [4.69, 9.17) is 33.2 Å². The molecule has 0 aromatic heterocycles. The molecule has 0 spiro atoms. The second-order valence-electron chi connectivity index (χ2n) is 18.2. The van der Waals surface area contributed by atoms with E-state index in [0.717, 1.165) is 68.8 Å². The van der Waals surface area contributed by atoms with Gasteiger partial charge in [0.2, 0.25) is 5.75 Å². The zero-order valence-corrected chi connectivity index (χ0v) is 43.8. The van der Waals surface area contributed by atoms with Crippen LogP contribution in [0.4, 0.5) is 10.2 Å². The van der Waals surface area contributed by atoms with E-state index in [0.29, 0.717) is 61.7 Å². The van der Waals surface area contributed by atoms with E-state index in [2.05, 4.69) is 58.2 Å². The van der Waals surface area contributed by atoms with Gasteiger partial charge in [-0.15, -0.1) is 0 Å². The molecule has 0 amide bonds. The van der Waals surface area contributed by atoms with Gasteiger partial charge in [-0.3, -0.25) is 0 Å². The molecule has 0 saturated heterocycles. The van der Waals surface area contributed by atoms with E-state index in [1.165, 1.54) is 24.5 Å². The third kappa shape index (κ3) is 15.5. The molecule has 1 N–H and O–H groups in total. The number of rotatable bonds is 22. The average molecular weight is 1060 g/mol. The van der Waals surface area contributed by atoms with Crippen molar-refractivity contribution in [2.45, 2.75) is 58.6 Å². The number of hydrogen-bond acceptors (Lipinski definition) is 10. The quantitative estimate of drug-likeness (QED) is 0.0702. The van der Waals surface area contributed by atoms with Crippen LogP contribution in [0.15, 0.2) is 224 Å². The molecule has 0 aliphatic carbocycles. The molecule has 9 aromatic rings. The van der Waals surface area contributed by atoms with E-state index in [1.807, 2.05) is 158 Å². The molecule has 2 unspecified atom stereocenters. The summed E-state index contributed by atoms with van der Waals surface area (Å²) in [7, 11) is -1.31. The number of carbonyl (C=O) groups is 1. The molecule has 13 heteroatoms. The van der Waals surface area contributed by atoms with Crippen molar-refractivity contribution in [1.82, 2.24) is 0 Å². The molecule has 0 fully saturated rings. The standard InChI is InChI=1S/C50H44O6.C15H14FNO4S/c1-6-16-37(17-7-1)32-51-43-30-46(52-33-38-18-8-2-9-19-38)44-26-27-45(56-47(44)31-43)42-28-48(53-34-39-20-10-3-11-21-39)50(55-36-41-24-14-5-15-25-41)49(29-42)54-35-40-22-12-4-13-23-40;1-22(19)17-13-8-7-12(15(18)21-16)9-14(13)20-10-11-5-3-2-4-6-11/h1-25,28-31,45H,26-27,32-36H2;2-9,17H,10H2,1H3. The van der Waals surface area contributed by atoms with Crippen LogP contribution in [0.1, 0.15) is 67.4 Å². The molecule has 0 bridgehead atoms. The van der Waals surface area contributed by atoms with E-state index in [1.54, 1.807) is 0 Å². The maximum Gasteiger partial charge on any atom is 0.379 e. The minimum atomic E-state index is -1.31. The van der Waals surface area contributed by atoms with E-state index in [9.17, 15) is 13.5 Å². The van der Waals surface area contributed by atoms with Gasteiger partial charge in [-0.2, -0.15) is 0 Å². The molecule has 0 radical (unpaired) electrons. The number of anilines is 1. The van der Waals surface area contributed by atoms with E-state index >= 15 is 0 Å². The van der Waals surface area contributed by atoms with Gasteiger partial charge >= 0.3 is 5.97 Å². The predicted molar refractivity (Wildman–Crippen MR) is 300 cm³/mol. The highest BCUT2D eigenvalue weighted by atomic mass is 32.2. The lowest BCUT2D eigenvalue weighted by Gasteiger charge is -2.29. The molecule has 0 saturated carbocycles. The highest BCUT2D eigenvalue weighted by Gasteiger charge is 2.29. The second-order valence-corrected chi connectivity index (χ2v) is 19.3. The summed E-state index contributed by atoms with van der Waals surface area (Å²) in [6.45, 7) is 2.20. The minimum Gasteiger partial charge on any atom is -0.489 e. The van der Waals surface area contributed by atoms with Crippen molar-refractivity contribution in [1.29, 1.82) is 0 Å². The number of nitrogens with one attached hydrogen (secondary N) is 1. The van der Waals surface area contributed by atoms with Crippen molar-refractivity contribution >= 4 is 22.6 Å². The number of benzene rings is 9. The first-order valence-electron chi connectivity index (χ1n) is 25.4. The fraction of sp³-hybridized carbons (Fsp3) is 0.154. The van der Waals surface area contributed by atoms with Gasteiger partial charge in [0, 0.05) is 28.5 Å². The van der Waals surface area contributed by atoms with E-state index < -0.39 is 17.0 Å². The Labute approximate surface area is 456 Å². The first-order valence-corrected chi connectivity index (χ1v) is 27.0. The van der Waals surface area contributed by atoms with Crippen molar-refractivity contribution < 1.29 is 51.6 Å². The van der Waals surface area contributed by atoms with Crippen molar-refractivity contribution in [3.63, 3.8) is 0 Å². The Hall–Kier alpha value is -9.07. The van der Waals surface area contributed by atoms with Gasteiger partial charge < -0.3 is 37.9 Å². The van der Waals surface area contributed by atoms with Crippen LogP contribution >= 0.6 is 0 Å². The molecule has 2 atom stereocenters.